The first kappa shape index (κ1) is 14.8. The number of carbonyl (C=O) groups is 1. The highest BCUT2D eigenvalue weighted by Crippen LogP contribution is 2.17. The highest BCUT2D eigenvalue weighted by molar-refractivity contribution is 5.82. The Bertz CT molecular complexity index is 295. The molecule has 1 unspecified atom stereocenters. The lowest BCUT2D eigenvalue weighted by Crippen LogP contribution is -2.57. The minimum Gasteiger partial charge on any atom is -0.339 e. The van der Waals surface area contributed by atoms with E-state index in [0.717, 1.165) is 39.1 Å². The Balaban J connectivity index is 1.85. The fraction of sp³-hybridized carbons (Fsp3) is 0.933. The van der Waals surface area contributed by atoms with E-state index in [9.17, 15) is 4.79 Å². The van der Waals surface area contributed by atoms with E-state index in [1.165, 1.54) is 19.3 Å². The molecule has 2 aliphatic heterocycles. The summed E-state index contributed by atoms with van der Waals surface area (Å²) in [5.41, 5.74) is 0.218. The van der Waals surface area contributed by atoms with E-state index >= 15 is 0 Å². The summed E-state index contributed by atoms with van der Waals surface area (Å²) < 4.78 is 0. The molecule has 0 spiro atoms. The second kappa shape index (κ2) is 6.23. The van der Waals surface area contributed by atoms with Crippen molar-refractivity contribution in [3.8, 4) is 0 Å². The van der Waals surface area contributed by atoms with E-state index in [1.807, 2.05) is 0 Å². The first-order valence-corrected chi connectivity index (χ1v) is 7.76. The van der Waals surface area contributed by atoms with Crippen molar-refractivity contribution in [3.63, 3.8) is 0 Å². The molecular weight excluding hydrogens is 238 g/mol. The predicted octanol–water partition coefficient (Wildman–Crippen LogP) is 1.46. The van der Waals surface area contributed by atoms with Crippen molar-refractivity contribution in [1.82, 2.24) is 15.1 Å². The average Bonchev–Trinajstić information content (AvgIpc) is 2.66. The van der Waals surface area contributed by atoms with Crippen LogP contribution in [0.4, 0.5) is 0 Å². The van der Waals surface area contributed by atoms with Crippen molar-refractivity contribution in [2.45, 2.75) is 58.0 Å². The van der Waals surface area contributed by atoms with E-state index in [4.69, 9.17) is 0 Å². The molecule has 2 rings (SSSR count). The van der Waals surface area contributed by atoms with Gasteiger partial charge in [0.25, 0.3) is 0 Å². The van der Waals surface area contributed by atoms with Gasteiger partial charge in [-0.05, 0) is 40.2 Å². The Kier molecular flexibility index (Phi) is 4.85. The monoisotopic (exact) mass is 267 g/mol. The van der Waals surface area contributed by atoms with Crippen molar-refractivity contribution < 1.29 is 4.79 Å². The molecule has 0 aromatic heterocycles. The summed E-state index contributed by atoms with van der Waals surface area (Å²) in [6.45, 7) is 11.5. The Hall–Kier alpha value is -0.610. The number of rotatable bonds is 1. The molecule has 4 nitrogen and oxygen atoms in total. The number of amides is 1. The van der Waals surface area contributed by atoms with Crippen LogP contribution in [0, 0.1) is 0 Å². The third-order valence-corrected chi connectivity index (χ3v) is 4.40. The second-order valence-electron chi connectivity index (χ2n) is 6.84. The standard InChI is InChI=1S/C15H29N3O/c1-15(2,3)18-11-9-17(10-12-18)14(19)13-7-5-4-6-8-16-13/h13,16H,4-12H2,1-3H3. The normalized spacial score (nSPS) is 27.1. The van der Waals surface area contributed by atoms with Crippen LogP contribution in [0.15, 0.2) is 0 Å². The van der Waals surface area contributed by atoms with Gasteiger partial charge in [0.2, 0.25) is 5.91 Å². The number of carbonyl (C=O) groups excluding carboxylic acids is 1. The average molecular weight is 267 g/mol. The SMILES string of the molecule is CC(C)(C)N1CCN(C(=O)C2CCCCCN2)CC1. The second-order valence-corrected chi connectivity index (χ2v) is 6.84. The molecule has 1 amide bonds. The number of piperazine rings is 1. The Labute approximate surface area is 117 Å². The molecule has 1 atom stereocenters. The first-order valence-electron chi connectivity index (χ1n) is 7.76. The van der Waals surface area contributed by atoms with Crippen molar-refractivity contribution in [2.24, 2.45) is 0 Å². The van der Waals surface area contributed by atoms with Crippen molar-refractivity contribution >= 4 is 5.91 Å². The van der Waals surface area contributed by atoms with E-state index in [2.05, 4.69) is 35.9 Å². The van der Waals surface area contributed by atoms with Gasteiger partial charge in [-0.1, -0.05) is 12.8 Å². The molecule has 4 heteroatoms. The molecule has 2 aliphatic rings. The smallest absolute Gasteiger partial charge is 0.239 e. The summed E-state index contributed by atoms with van der Waals surface area (Å²) in [6.07, 6.45) is 4.67. The van der Waals surface area contributed by atoms with Crippen molar-refractivity contribution in [2.75, 3.05) is 32.7 Å². The molecule has 19 heavy (non-hydrogen) atoms. The van der Waals surface area contributed by atoms with Crippen molar-refractivity contribution in [3.05, 3.63) is 0 Å². The molecule has 0 radical (unpaired) electrons. The summed E-state index contributed by atoms with van der Waals surface area (Å²) in [7, 11) is 0. The molecule has 0 aliphatic carbocycles. The van der Waals surface area contributed by atoms with Crippen LogP contribution in [0.5, 0.6) is 0 Å². The van der Waals surface area contributed by atoms with E-state index in [0.29, 0.717) is 5.91 Å². The largest absolute Gasteiger partial charge is 0.339 e. The summed E-state index contributed by atoms with van der Waals surface area (Å²) in [6, 6.07) is 0.0729. The maximum Gasteiger partial charge on any atom is 0.239 e. The predicted molar refractivity (Wildman–Crippen MR) is 78.2 cm³/mol. The molecule has 0 aromatic carbocycles. The third-order valence-electron chi connectivity index (χ3n) is 4.40. The van der Waals surface area contributed by atoms with Gasteiger partial charge in [-0.15, -0.1) is 0 Å². The van der Waals surface area contributed by atoms with Gasteiger partial charge in [0.15, 0.2) is 0 Å². The highest BCUT2D eigenvalue weighted by atomic mass is 16.2. The Morgan fingerprint density at radius 2 is 1.74 bits per heavy atom. The summed E-state index contributed by atoms with van der Waals surface area (Å²) >= 11 is 0. The van der Waals surface area contributed by atoms with Crippen LogP contribution in [0.1, 0.15) is 46.5 Å². The van der Waals surface area contributed by atoms with Crippen LogP contribution >= 0.6 is 0 Å². The minimum atomic E-state index is 0.0729. The minimum absolute atomic E-state index is 0.0729. The van der Waals surface area contributed by atoms with Crippen LogP contribution in [-0.4, -0.2) is 60.0 Å². The van der Waals surface area contributed by atoms with Crippen LogP contribution in [0.2, 0.25) is 0 Å². The number of nitrogens with one attached hydrogen (secondary N) is 1. The van der Waals surface area contributed by atoms with Crippen LogP contribution in [0.3, 0.4) is 0 Å². The molecule has 2 saturated heterocycles. The van der Waals surface area contributed by atoms with Gasteiger partial charge in [0.1, 0.15) is 0 Å². The number of hydrogen-bond acceptors (Lipinski definition) is 3. The molecule has 2 heterocycles. The quantitative estimate of drug-likeness (QED) is 0.781. The van der Waals surface area contributed by atoms with Crippen LogP contribution < -0.4 is 5.32 Å². The summed E-state index contributed by atoms with van der Waals surface area (Å²) in [5.74, 6) is 0.329. The number of nitrogens with zero attached hydrogens (tertiary/aromatic N) is 2. The van der Waals surface area contributed by atoms with Gasteiger partial charge in [-0.25, -0.2) is 0 Å². The van der Waals surface area contributed by atoms with Gasteiger partial charge >= 0.3 is 0 Å². The summed E-state index contributed by atoms with van der Waals surface area (Å²) in [5, 5.41) is 3.42. The number of hydrogen-bond donors (Lipinski definition) is 1. The molecule has 0 bridgehead atoms. The molecular formula is C15H29N3O. The first-order chi connectivity index (χ1) is 8.98. The van der Waals surface area contributed by atoms with E-state index in [-0.39, 0.29) is 11.6 Å². The third kappa shape index (κ3) is 3.93. The lowest BCUT2D eigenvalue weighted by atomic mass is 10.0. The van der Waals surface area contributed by atoms with Crippen LogP contribution in [-0.2, 0) is 4.79 Å². The van der Waals surface area contributed by atoms with Gasteiger partial charge in [0, 0.05) is 31.7 Å². The highest BCUT2D eigenvalue weighted by Gasteiger charge is 2.30. The lowest BCUT2D eigenvalue weighted by molar-refractivity contribution is -0.136. The van der Waals surface area contributed by atoms with Crippen LogP contribution in [0.25, 0.3) is 0 Å². The van der Waals surface area contributed by atoms with Gasteiger partial charge in [-0.3, -0.25) is 9.69 Å². The molecule has 0 aromatic rings. The Morgan fingerprint density at radius 3 is 2.37 bits per heavy atom. The summed E-state index contributed by atoms with van der Waals surface area (Å²) in [4.78, 5) is 17.0. The van der Waals surface area contributed by atoms with Gasteiger partial charge in [-0.2, -0.15) is 0 Å². The Morgan fingerprint density at radius 1 is 1.05 bits per heavy atom. The maximum atomic E-state index is 12.5. The zero-order valence-corrected chi connectivity index (χ0v) is 12.7. The topological polar surface area (TPSA) is 35.6 Å². The maximum absolute atomic E-state index is 12.5. The molecule has 2 fully saturated rings. The molecule has 0 saturated carbocycles. The van der Waals surface area contributed by atoms with Crippen molar-refractivity contribution in [1.29, 1.82) is 0 Å². The fourth-order valence-corrected chi connectivity index (χ4v) is 3.06. The lowest BCUT2D eigenvalue weighted by Gasteiger charge is -2.43. The van der Waals surface area contributed by atoms with Gasteiger partial charge in [0.05, 0.1) is 6.04 Å². The molecule has 1 N–H and O–H groups in total. The zero-order valence-electron chi connectivity index (χ0n) is 12.7. The van der Waals surface area contributed by atoms with E-state index in [1.54, 1.807) is 0 Å². The van der Waals surface area contributed by atoms with E-state index < -0.39 is 0 Å². The fourth-order valence-electron chi connectivity index (χ4n) is 3.06. The van der Waals surface area contributed by atoms with Gasteiger partial charge < -0.3 is 10.2 Å². The zero-order chi connectivity index (χ0) is 13.9. The molecule has 110 valence electrons.